The molecule has 0 saturated carbocycles. The molecule has 26 heavy (non-hydrogen) atoms. The van der Waals surface area contributed by atoms with E-state index >= 15 is 0 Å². The van der Waals surface area contributed by atoms with E-state index in [-0.39, 0.29) is 5.91 Å². The first-order valence-electron chi connectivity index (χ1n) is 9.30. The summed E-state index contributed by atoms with van der Waals surface area (Å²) >= 11 is 1.57. The van der Waals surface area contributed by atoms with E-state index in [4.69, 9.17) is 0 Å². The van der Waals surface area contributed by atoms with E-state index in [2.05, 4.69) is 15.3 Å². The molecule has 1 aromatic carbocycles. The highest BCUT2D eigenvalue weighted by Gasteiger charge is 2.39. The van der Waals surface area contributed by atoms with Crippen LogP contribution in [0.5, 0.6) is 0 Å². The molecular formula is C20H22N4OS. The molecule has 2 aliphatic rings. The van der Waals surface area contributed by atoms with E-state index < -0.39 is 0 Å². The molecule has 2 unspecified atom stereocenters. The number of carbonyl (C=O) groups is 1. The molecule has 2 fully saturated rings. The minimum absolute atomic E-state index is 0.196. The zero-order valence-corrected chi connectivity index (χ0v) is 15.6. The van der Waals surface area contributed by atoms with E-state index in [0.29, 0.717) is 12.1 Å². The molecule has 1 amide bonds. The third-order valence-corrected chi connectivity index (χ3v) is 6.74. The second-order valence-electron chi connectivity index (χ2n) is 7.25. The fourth-order valence-corrected chi connectivity index (χ4v) is 5.47. The molecule has 6 heteroatoms. The Bertz CT molecular complexity index is 947. The normalized spacial score (nSPS) is 22.7. The van der Waals surface area contributed by atoms with Gasteiger partial charge in [-0.15, -0.1) is 11.3 Å². The van der Waals surface area contributed by atoms with Crippen LogP contribution in [0.15, 0.2) is 36.4 Å². The fraction of sp³-hybridized carbons (Fsp3) is 0.400. The van der Waals surface area contributed by atoms with E-state index in [0.717, 1.165) is 58.8 Å². The number of benzene rings is 1. The number of fused-ring (bicyclic) bond motifs is 3. The van der Waals surface area contributed by atoms with Crippen molar-refractivity contribution in [3.8, 4) is 5.69 Å². The van der Waals surface area contributed by atoms with Crippen molar-refractivity contribution >= 4 is 27.5 Å². The first-order chi connectivity index (χ1) is 12.7. The molecule has 0 radical (unpaired) electrons. The number of hydrogen-bond donors (Lipinski definition) is 1. The van der Waals surface area contributed by atoms with Gasteiger partial charge in [0.2, 0.25) is 0 Å². The summed E-state index contributed by atoms with van der Waals surface area (Å²) in [6.07, 6.45) is 3.31. The van der Waals surface area contributed by atoms with Crippen molar-refractivity contribution in [3.05, 3.63) is 47.0 Å². The van der Waals surface area contributed by atoms with Crippen molar-refractivity contribution in [1.82, 2.24) is 20.0 Å². The van der Waals surface area contributed by atoms with Gasteiger partial charge in [0.15, 0.2) is 0 Å². The number of nitrogens with zero attached hydrogens (tertiary/aromatic N) is 3. The molecule has 2 saturated heterocycles. The molecule has 0 aliphatic carbocycles. The Labute approximate surface area is 156 Å². The third kappa shape index (κ3) is 2.47. The molecule has 2 bridgehead atoms. The van der Waals surface area contributed by atoms with E-state index in [1.165, 1.54) is 0 Å². The van der Waals surface area contributed by atoms with Crippen molar-refractivity contribution < 1.29 is 4.79 Å². The average molecular weight is 366 g/mol. The van der Waals surface area contributed by atoms with Gasteiger partial charge in [0.05, 0.1) is 16.3 Å². The largest absolute Gasteiger partial charge is 0.331 e. The van der Waals surface area contributed by atoms with Crippen molar-refractivity contribution in [2.45, 2.75) is 38.3 Å². The second kappa shape index (κ2) is 6.21. The summed E-state index contributed by atoms with van der Waals surface area (Å²) in [5.74, 6) is 0.196. The summed E-state index contributed by atoms with van der Waals surface area (Å²) in [6, 6.07) is 12.9. The summed E-state index contributed by atoms with van der Waals surface area (Å²) in [4.78, 5) is 17.4. The van der Waals surface area contributed by atoms with Crippen LogP contribution in [0.1, 0.15) is 34.6 Å². The first-order valence-corrected chi connectivity index (χ1v) is 10.1. The van der Waals surface area contributed by atoms with Gasteiger partial charge in [-0.3, -0.25) is 4.79 Å². The molecule has 2 atom stereocenters. The van der Waals surface area contributed by atoms with Crippen LogP contribution >= 0.6 is 11.3 Å². The van der Waals surface area contributed by atoms with Crippen molar-refractivity contribution in [3.63, 3.8) is 0 Å². The van der Waals surface area contributed by atoms with Crippen LogP contribution in [0.2, 0.25) is 0 Å². The summed E-state index contributed by atoms with van der Waals surface area (Å²) < 4.78 is 1.96. The molecule has 2 aromatic heterocycles. The molecule has 3 aromatic rings. The van der Waals surface area contributed by atoms with Crippen molar-refractivity contribution in [2.75, 3.05) is 13.1 Å². The summed E-state index contributed by atoms with van der Waals surface area (Å²) in [6.45, 7) is 3.95. The highest BCUT2D eigenvalue weighted by molar-refractivity contribution is 7.20. The van der Waals surface area contributed by atoms with Crippen LogP contribution in [0, 0.1) is 6.92 Å². The van der Waals surface area contributed by atoms with Gasteiger partial charge in [0, 0.05) is 24.0 Å². The predicted molar refractivity (Wildman–Crippen MR) is 104 cm³/mol. The van der Waals surface area contributed by atoms with Gasteiger partial charge < -0.3 is 10.2 Å². The van der Waals surface area contributed by atoms with Gasteiger partial charge >= 0.3 is 0 Å². The Morgan fingerprint density at radius 3 is 2.85 bits per heavy atom. The Balaban J connectivity index is 1.55. The Morgan fingerprint density at radius 1 is 1.19 bits per heavy atom. The predicted octanol–water partition coefficient (Wildman–Crippen LogP) is 3.36. The number of nitrogens with one attached hydrogen (secondary N) is 1. The molecule has 5 rings (SSSR count). The smallest absolute Gasteiger partial charge is 0.264 e. The number of para-hydroxylation sites is 1. The lowest BCUT2D eigenvalue weighted by molar-refractivity contribution is 0.0685. The van der Waals surface area contributed by atoms with Crippen LogP contribution < -0.4 is 5.32 Å². The monoisotopic (exact) mass is 366 g/mol. The van der Waals surface area contributed by atoms with Crippen LogP contribution in [-0.4, -0.2) is 45.8 Å². The SMILES string of the molecule is Cc1nn(-c2ccccc2)c2sc(C(=O)N3C4CCNCC3CC4)cc12. The lowest BCUT2D eigenvalue weighted by Gasteiger charge is -2.27. The fourth-order valence-electron chi connectivity index (χ4n) is 4.34. The van der Waals surface area contributed by atoms with Crippen LogP contribution in [-0.2, 0) is 0 Å². The lowest BCUT2D eigenvalue weighted by atomic mass is 10.1. The molecule has 0 spiro atoms. The number of thiophene rings is 1. The van der Waals surface area contributed by atoms with Gasteiger partial charge in [-0.05, 0) is 50.9 Å². The second-order valence-corrected chi connectivity index (χ2v) is 8.28. The maximum atomic E-state index is 13.3. The summed E-state index contributed by atoms with van der Waals surface area (Å²) in [5, 5.41) is 9.24. The minimum atomic E-state index is 0.196. The summed E-state index contributed by atoms with van der Waals surface area (Å²) in [7, 11) is 0. The Kier molecular flexibility index (Phi) is 3.83. The lowest BCUT2D eigenvalue weighted by Crippen LogP contribution is -2.42. The number of rotatable bonds is 2. The average Bonchev–Trinajstić information content (AvgIpc) is 3.28. The van der Waals surface area contributed by atoms with Crippen LogP contribution in [0.4, 0.5) is 0 Å². The van der Waals surface area contributed by atoms with Crippen LogP contribution in [0.25, 0.3) is 15.9 Å². The highest BCUT2D eigenvalue weighted by Crippen LogP contribution is 2.35. The molecular weight excluding hydrogens is 344 g/mol. The van der Waals surface area contributed by atoms with E-state index in [1.54, 1.807) is 11.3 Å². The Hall–Kier alpha value is -2.18. The van der Waals surface area contributed by atoms with Gasteiger partial charge in [0.25, 0.3) is 5.91 Å². The Morgan fingerprint density at radius 2 is 2.00 bits per heavy atom. The van der Waals surface area contributed by atoms with E-state index in [1.807, 2.05) is 48.0 Å². The molecule has 134 valence electrons. The topological polar surface area (TPSA) is 50.2 Å². The number of amides is 1. The van der Waals surface area contributed by atoms with Crippen LogP contribution in [0.3, 0.4) is 0 Å². The van der Waals surface area contributed by atoms with Gasteiger partial charge in [-0.2, -0.15) is 5.10 Å². The van der Waals surface area contributed by atoms with E-state index in [9.17, 15) is 4.79 Å². The first kappa shape index (κ1) is 16.0. The molecule has 4 heterocycles. The van der Waals surface area contributed by atoms with Gasteiger partial charge in [-0.25, -0.2) is 4.68 Å². The quantitative estimate of drug-likeness (QED) is 0.757. The van der Waals surface area contributed by atoms with Gasteiger partial charge in [-0.1, -0.05) is 18.2 Å². The molecule has 1 N–H and O–H groups in total. The number of aromatic nitrogens is 2. The van der Waals surface area contributed by atoms with Gasteiger partial charge in [0.1, 0.15) is 4.83 Å². The number of carbonyl (C=O) groups excluding carboxylic acids is 1. The third-order valence-electron chi connectivity index (χ3n) is 5.64. The maximum absolute atomic E-state index is 13.3. The van der Waals surface area contributed by atoms with Crippen molar-refractivity contribution in [1.29, 1.82) is 0 Å². The standard InChI is InChI=1S/C20H22N4OS/c1-13-17-11-18(19(25)23-14-7-8-16(23)12-21-10-9-14)26-20(17)24(22-13)15-5-3-2-4-6-15/h2-6,11,14,16,21H,7-10,12H2,1H3. The zero-order valence-electron chi connectivity index (χ0n) is 14.8. The van der Waals surface area contributed by atoms with Crippen molar-refractivity contribution in [2.24, 2.45) is 0 Å². The highest BCUT2D eigenvalue weighted by atomic mass is 32.1. The number of hydrogen-bond acceptors (Lipinski definition) is 4. The number of aryl methyl sites for hydroxylation is 1. The minimum Gasteiger partial charge on any atom is -0.331 e. The summed E-state index contributed by atoms with van der Waals surface area (Å²) in [5.41, 5.74) is 2.00. The molecule has 5 nitrogen and oxygen atoms in total. The zero-order chi connectivity index (χ0) is 17.7. The maximum Gasteiger partial charge on any atom is 0.264 e. The molecule has 2 aliphatic heterocycles.